The highest BCUT2D eigenvalue weighted by molar-refractivity contribution is 5.72. The van der Waals surface area contributed by atoms with Crippen LogP contribution in [0, 0.1) is 5.92 Å². The molecule has 3 heteroatoms. The van der Waals surface area contributed by atoms with Crippen molar-refractivity contribution in [3.05, 3.63) is 35.4 Å². The highest BCUT2D eigenvalue weighted by Gasteiger charge is 2.37. The summed E-state index contributed by atoms with van der Waals surface area (Å²) in [6.45, 7) is 2.19. The lowest BCUT2D eigenvalue weighted by Gasteiger charge is -2.35. The maximum atomic E-state index is 11.6. The van der Waals surface area contributed by atoms with Gasteiger partial charge >= 0.3 is 5.97 Å². The Morgan fingerprint density at radius 3 is 2.43 bits per heavy atom. The third kappa shape index (κ3) is 3.85. The van der Waals surface area contributed by atoms with E-state index in [4.69, 9.17) is 4.74 Å². The smallest absolute Gasteiger partial charge is 0.308 e. The highest BCUT2D eigenvalue weighted by Crippen LogP contribution is 2.39. The largest absolute Gasteiger partial charge is 0.469 e. The highest BCUT2D eigenvalue weighted by atomic mass is 16.5. The van der Waals surface area contributed by atoms with E-state index in [1.54, 1.807) is 0 Å². The van der Waals surface area contributed by atoms with Crippen LogP contribution in [0.1, 0.15) is 56.6 Å². The molecule has 0 aliphatic heterocycles. The van der Waals surface area contributed by atoms with Crippen LogP contribution >= 0.6 is 0 Å². The molecule has 0 atom stereocenters. The fourth-order valence-corrected chi connectivity index (χ4v) is 3.15. The molecule has 116 valence electrons. The zero-order valence-electron chi connectivity index (χ0n) is 13.1. The van der Waals surface area contributed by atoms with Gasteiger partial charge in [-0.2, -0.15) is 0 Å². The minimum absolute atomic E-state index is 0.0564. The summed E-state index contributed by atoms with van der Waals surface area (Å²) < 4.78 is 4.80. The molecule has 0 radical (unpaired) electrons. The molecule has 0 unspecified atom stereocenters. The maximum absolute atomic E-state index is 11.6. The molecule has 1 aromatic carbocycles. The lowest BCUT2D eigenvalue weighted by atomic mass is 9.75. The molecule has 1 aliphatic carbocycles. The first-order valence-corrected chi connectivity index (χ1v) is 7.98. The number of carbonyl (C=O) groups is 1. The molecule has 1 fully saturated rings. The van der Waals surface area contributed by atoms with Crippen LogP contribution in [0.25, 0.3) is 0 Å². The summed E-state index contributed by atoms with van der Waals surface area (Å²) in [5, 5.41) is 10.8. The lowest BCUT2D eigenvalue weighted by molar-refractivity contribution is -0.148. The van der Waals surface area contributed by atoms with Crippen molar-refractivity contribution in [1.82, 2.24) is 0 Å². The Morgan fingerprint density at radius 2 is 1.90 bits per heavy atom. The van der Waals surface area contributed by atoms with Crippen molar-refractivity contribution in [3.8, 4) is 0 Å². The van der Waals surface area contributed by atoms with Crippen LogP contribution in [0.2, 0.25) is 0 Å². The zero-order valence-corrected chi connectivity index (χ0v) is 13.1. The Hall–Kier alpha value is -1.35. The summed E-state index contributed by atoms with van der Waals surface area (Å²) in [6, 6.07) is 8.33. The molecule has 21 heavy (non-hydrogen) atoms. The van der Waals surface area contributed by atoms with Crippen LogP contribution in [-0.4, -0.2) is 18.2 Å². The third-order valence-electron chi connectivity index (χ3n) is 4.66. The Labute approximate surface area is 127 Å². The fourth-order valence-electron chi connectivity index (χ4n) is 3.15. The normalized spacial score (nSPS) is 25.6. The first-order valence-electron chi connectivity index (χ1n) is 7.98. The first-order chi connectivity index (χ1) is 10.1. The molecule has 1 aliphatic rings. The van der Waals surface area contributed by atoms with Crippen molar-refractivity contribution in [3.63, 3.8) is 0 Å². The number of hydrogen-bond donors (Lipinski definition) is 1. The SMILES string of the molecule is CCCCc1ccc(C2(O)CCC(C(=O)OC)CC2)cc1. The molecule has 1 aromatic rings. The van der Waals surface area contributed by atoms with Gasteiger partial charge in [0, 0.05) is 0 Å². The molecule has 0 aromatic heterocycles. The summed E-state index contributed by atoms with van der Waals surface area (Å²) >= 11 is 0. The summed E-state index contributed by atoms with van der Waals surface area (Å²) in [4.78, 5) is 11.6. The molecule has 0 saturated heterocycles. The average molecular weight is 290 g/mol. The third-order valence-corrected chi connectivity index (χ3v) is 4.66. The van der Waals surface area contributed by atoms with Gasteiger partial charge in [0.25, 0.3) is 0 Å². The van der Waals surface area contributed by atoms with E-state index in [2.05, 4.69) is 19.1 Å². The van der Waals surface area contributed by atoms with Crippen molar-refractivity contribution in [2.45, 2.75) is 57.5 Å². The van der Waals surface area contributed by atoms with Crippen molar-refractivity contribution in [1.29, 1.82) is 0 Å². The van der Waals surface area contributed by atoms with E-state index in [1.807, 2.05) is 12.1 Å². The number of esters is 1. The minimum atomic E-state index is -0.784. The van der Waals surface area contributed by atoms with Crippen LogP contribution in [-0.2, 0) is 21.6 Å². The van der Waals surface area contributed by atoms with Gasteiger partial charge in [-0.3, -0.25) is 4.79 Å². The van der Waals surface area contributed by atoms with Crippen molar-refractivity contribution >= 4 is 5.97 Å². The van der Waals surface area contributed by atoms with Gasteiger partial charge in [-0.05, 0) is 49.7 Å². The number of hydrogen-bond acceptors (Lipinski definition) is 3. The van der Waals surface area contributed by atoms with Crippen LogP contribution in [0.3, 0.4) is 0 Å². The molecule has 0 spiro atoms. The number of aryl methyl sites for hydroxylation is 1. The van der Waals surface area contributed by atoms with Crippen LogP contribution in [0.15, 0.2) is 24.3 Å². The second kappa shape index (κ2) is 7.08. The topological polar surface area (TPSA) is 46.5 Å². The van der Waals surface area contributed by atoms with Gasteiger partial charge in [-0.15, -0.1) is 0 Å². The van der Waals surface area contributed by atoms with Gasteiger partial charge in [0.15, 0.2) is 0 Å². The number of rotatable bonds is 5. The standard InChI is InChI=1S/C18H26O3/c1-3-4-5-14-6-8-16(9-7-14)18(20)12-10-15(11-13-18)17(19)21-2/h6-9,15,20H,3-5,10-13H2,1-2H3. The molecular weight excluding hydrogens is 264 g/mol. The summed E-state index contributed by atoms with van der Waals surface area (Å²) in [7, 11) is 1.43. The van der Waals surface area contributed by atoms with Gasteiger partial charge in [-0.1, -0.05) is 37.6 Å². The van der Waals surface area contributed by atoms with Gasteiger partial charge in [-0.25, -0.2) is 0 Å². The van der Waals surface area contributed by atoms with Crippen molar-refractivity contribution in [2.75, 3.05) is 7.11 Å². The second-order valence-corrected chi connectivity index (χ2v) is 6.13. The maximum Gasteiger partial charge on any atom is 0.308 e. The second-order valence-electron chi connectivity index (χ2n) is 6.13. The molecule has 0 amide bonds. The number of ether oxygens (including phenoxy) is 1. The number of aliphatic hydroxyl groups is 1. The molecule has 1 saturated carbocycles. The number of unbranched alkanes of at least 4 members (excludes halogenated alkanes) is 1. The summed E-state index contributed by atoms with van der Waals surface area (Å²) in [6.07, 6.45) is 6.13. The first kappa shape index (κ1) is 16.0. The van der Waals surface area contributed by atoms with E-state index in [1.165, 1.54) is 25.5 Å². The predicted molar refractivity (Wildman–Crippen MR) is 82.9 cm³/mol. The van der Waals surface area contributed by atoms with Gasteiger partial charge in [0.05, 0.1) is 18.6 Å². The number of carbonyl (C=O) groups excluding carboxylic acids is 1. The lowest BCUT2D eigenvalue weighted by Crippen LogP contribution is -2.34. The van der Waals surface area contributed by atoms with Crippen molar-refractivity contribution < 1.29 is 14.6 Å². The minimum Gasteiger partial charge on any atom is -0.469 e. The van der Waals surface area contributed by atoms with Gasteiger partial charge in [0.2, 0.25) is 0 Å². The van der Waals surface area contributed by atoms with E-state index >= 15 is 0 Å². The number of benzene rings is 1. The predicted octanol–water partition coefficient (Wildman–Crippen LogP) is 3.58. The van der Waals surface area contributed by atoms with E-state index < -0.39 is 5.60 Å². The van der Waals surface area contributed by atoms with E-state index in [0.29, 0.717) is 25.7 Å². The molecule has 3 nitrogen and oxygen atoms in total. The molecule has 1 N–H and O–H groups in total. The Kier molecular flexibility index (Phi) is 5.40. The number of methoxy groups -OCH3 is 1. The van der Waals surface area contributed by atoms with Crippen molar-refractivity contribution in [2.24, 2.45) is 5.92 Å². The monoisotopic (exact) mass is 290 g/mol. The van der Waals surface area contributed by atoms with Crippen LogP contribution in [0.5, 0.6) is 0 Å². The van der Waals surface area contributed by atoms with E-state index in [-0.39, 0.29) is 11.9 Å². The van der Waals surface area contributed by atoms with Gasteiger partial charge in [0.1, 0.15) is 0 Å². The Morgan fingerprint density at radius 1 is 1.29 bits per heavy atom. The van der Waals surface area contributed by atoms with Gasteiger partial charge < -0.3 is 9.84 Å². The Bertz CT molecular complexity index is 456. The fraction of sp³-hybridized carbons (Fsp3) is 0.611. The van der Waals surface area contributed by atoms with E-state index in [9.17, 15) is 9.90 Å². The molecule has 2 rings (SSSR count). The summed E-state index contributed by atoms with van der Waals surface area (Å²) in [5.74, 6) is -0.203. The molecule has 0 bridgehead atoms. The quantitative estimate of drug-likeness (QED) is 0.843. The Balaban J connectivity index is 1.99. The molecular formula is C18H26O3. The summed E-state index contributed by atoms with van der Waals surface area (Å²) in [5.41, 5.74) is 1.52. The molecule has 0 heterocycles. The van der Waals surface area contributed by atoms with Crippen LogP contribution < -0.4 is 0 Å². The van der Waals surface area contributed by atoms with E-state index in [0.717, 1.165) is 12.0 Å². The zero-order chi connectivity index (χ0) is 15.3. The average Bonchev–Trinajstić information content (AvgIpc) is 2.53. The van der Waals surface area contributed by atoms with Crippen LogP contribution in [0.4, 0.5) is 0 Å².